The Balaban J connectivity index is 1.34. The largest absolute Gasteiger partial charge is 0.493 e. The van der Waals surface area contributed by atoms with Gasteiger partial charge in [0.05, 0.1) is 57.7 Å². The molecule has 4 aliphatic rings. The average molecular weight is 936 g/mol. The summed E-state index contributed by atoms with van der Waals surface area (Å²) in [7, 11) is 4.56. The van der Waals surface area contributed by atoms with Crippen LogP contribution in [0.25, 0.3) is 0 Å². The highest BCUT2D eigenvalue weighted by Gasteiger charge is 2.76. The molecular weight excluding hydrogens is 883 g/mol. The van der Waals surface area contributed by atoms with Crippen LogP contribution >= 0.6 is 0 Å². The third-order valence-electron chi connectivity index (χ3n) is 13.5. The second-order valence-corrected chi connectivity index (χ2v) is 17.1. The molecule has 0 unspecified atom stereocenters. The van der Waals surface area contributed by atoms with Crippen LogP contribution in [0.1, 0.15) is 63.6 Å². The molecule has 1 spiro atoms. The summed E-state index contributed by atoms with van der Waals surface area (Å²) >= 11 is 0. The lowest BCUT2D eigenvalue weighted by Crippen LogP contribution is -2.57. The fraction of sp³-hybridized carbons (Fsp3) is 0.333. The third kappa shape index (κ3) is 8.33. The van der Waals surface area contributed by atoms with Crippen molar-refractivity contribution in [2.24, 2.45) is 5.92 Å². The number of methoxy groups -OCH3 is 3. The van der Waals surface area contributed by atoms with E-state index in [0.29, 0.717) is 40.4 Å². The second kappa shape index (κ2) is 20.2. The first kappa shape index (κ1) is 46.9. The van der Waals surface area contributed by atoms with Crippen LogP contribution in [0.15, 0.2) is 115 Å². The zero-order chi connectivity index (χ0) is 48.2. The fourth-order valence-electron chi connectivity index (χ4n) is 10.6. The highest BCUT2D eigenvalue weighted by Crippen LogP contribution is 2.66. The molecule has 0 aromatic heterocycles. The average Bonchev–Trinajstić information content (AvgIpc) is 3.84. The third-order valence-corrected chi connectivity index (χ3v) is 13.5. The molecule has 2 saturated heterocycles. The number of rotatable bonds is 13. The van der Waals surface area contributed by atoms with Crippen LogP contribution in [-0.4, -0.2) is 111 Å². The van der Waals surface area contributed by atoms with Gasteiger partial charge >= 0.3 is 12.1 Å². The highest BCUT2D eigenvalue weighted by molar-refractivity contribution is 6.23. The summed E-state index contributed by atoms with van der Waals surface area (Å²) < 4.78 is 34.7. The van der Waals surface area contributed by atoms with E-state index in [-0.39, 0.29) is 63.8 Å². The lowest BCUT2D eigenvalue weighted by atomic mass is 9.64. The Bertz CT molecular complexity index is 2780. The molecule has 2 fully saturated rings. The maximum Gasteiger partial charge on any atom is 0.421 e. The smallest absolute Gasteiger partial charge is 0.421 e. The summed E-state index contributed by atoms with van der Waals surface area (Å²) in [6, 6.07) is 31.3. The van der Waals surface area contributed by atoms with Gasteiger partial charge in [0, 0.05) is 32.2 Å². The Labute approximate surface area is 400 Å². The number of ether oxygens (including phenoxy) is 6. The van der Waals surface area contributed by atoms with Crippen LogP contribution in [0.2, 0.25) is 0 Å². The van der Waals surface area contributed by atoms with Crippen LogP contribution in [-0.2, 0) is 47.0 Å². The minimum atomic E-state index is -2.05. The molecule has 0 bridgehead atoms. The molecule has 9 rings (SSSR count). The number of amides is 3. The molecule has 15 heteroatoms. The van der Waals surface area contributed by atoms with Crippen molar-refractivity contribution >= 4 is 29.6 Å². The molecule has 0 radical (unpaired) electrons. The molecule has 356 valence electrons. The van der Waals surface area contributed by atoms with E-state index in [1.165, 1.54) is 14.2 Å². The van der Waals surface area contributed by atoms with Gasteiger partial charge in [0.25, 0.3) is 0 Å². The lowest BCUT2D eigenvalue weighted by molar-refractivity contribution is -0.179. The molecular formula is C54H53N3O12. The van der Waals surface area contributed by atoms with E-state index in [1.807, 2.05) is 77.7 Å². The van der Waals surface area contributed by atoms with Gasteiger partial charge in [-0.3, -0.25) is 19.3 Å². The Morgan fingerprint density at radius 2 is 1.46 bits per heavy atom. The Morgan fingerprint density at radius 3 is 2.13 bits per heavy atom. The van der Waals surface area contributed by atoms with Crippen molar-refractivity contribution in [2.75, 3.05) is 65.8 Å². The van der Waals surface area contributed by atoms with Crippen LogP contribution in [0, 0.1) is 17.8 Å². The van der Waals surface area contributed by atoms with Crippen LogP contribution in [0.3, 0.4) is 0 Å². The number of hydrogen-bond donors (Lipinski definition) is 2. The van der Waals surface area contributed by atoms with Crippen molar-refractivity contribution in [1.82, 2.24) is 9.80 Å². The standard InChI is InChI=1S/C54H53N3O12/c1-64-28-29-68-53(63)56-42-22-17-34(12-10-11-25-58)30-41(42)54(52(56)62)45(50(60)55-24-23-38-31-43(65-2)44(66-3)32-39(38)33-55)47-51(61)69-48(36-15-8-5-9-16-36)46(35-13-6-4-7-14-35)57(47)49(54)37-18-20-40(21-19-37)67-27-26-59/h4-9,13-22,30-32,45-49,58-59H,11,23-29,33H2,1-3H3/t45-,46-,47-,48+,49+,54-/m0/s1. The Morgan fingerprint density at radius 1 is 0.768 bits per heavy atom. The number of nitrogens with zero attached hydrogens (tertiary/aromatic N) is 3. The van der Waals surface area contributed by atoms with Crippen molar-refractivity contribution in [3.05, 3.63) is 154 Å². The number of esters is 1. The molecule has 0 aliphatic carbocycles. The number of cyclic esters (lactones) is 1. The van der Waals surface area contributed by atoms with E-state index in [1.54, 1.807) is 54.5 Å². The van der Waals surface area contributed by atoms with E-state index >= 15 is 14.4 Å². The number of carbonyl (C=O) groups is 4. The van der Waals surface area contributed by atoms with Gasteiger partial charge in [0.15, 0.2) is 11.5 Å². The summed E-state index contributed by atoms with van der Waals surface area (Å²) in [6.07, 6.45) is -1.32. The molecule has 3 amide bonds. The summed E-state index contributed by atoms with van der Waals surface area (Å²) in [4.78, 5) is 67.6. The van der Waals surface area contributed by atoms with Crippen molar-refractivity contribution < 1.29 is 57.8 Å². The normalized spacial score (nSPS) is 22.5. The van der Waals surface area contributed by atoms with Gasteiger partial charge in [-0.2, -0.15) is 0 Å². The summed E-state index contributed by atoms with van der Waals surface area (Å²) in [6.45, 7) is -0.169. The predicted molar refractivity (Wildman–Crippen MR) is 251 cm³/mol. The molecule has 2 N–H and O–H groups in total. The van der Waals surface area contributed by atoms with Gasteiger partial charge in [-0.1, -0.05) is 84.6 Å². The quantitative estimate of drug-likeness (QED) is 0.0820. The van der Waals surface area contributed by atoms with Gasteiger partial charge in [-0.05, 0) is 82.3 Å². The van der Waals surface area contributed by atoms with Crippen molar-refractivity contribution in [3.63, 3.8) is 0 Å². The van der Waals surface area contributed by atoms with E-state index in [0.717, 1.165) is 21.6 Å². The Kier molecular flexibility index (Phi) is 13.7. The molecule has 69 heavy (non-hydrogen) atoms. The summed E-state index contributed by atoms with van der Waals surface area (Å²) in [5.74, 6) is 4.01. The minimum absolute atomic E-state index is 0.0296. The molecule has 5 aromatic carbocycles. The maximum absolute atomic E-state index is 16.5. The fourth-order valence-corrected chi connectivity index (χ4v) is 10.6. The van der Waals surface area contributed by atoms with E-state index in [4.69, 9.17) is 28.4 Å². The van der Waals surface area contributed by atoms with Gasteiger partial charge < -0.3 is 43.5 Å². The van der Waals surface area contributed by atoms with Crippen molar-refractivity contribution in [3.8, 4) is 29.1 Å². The lowest BCUT2D eigenvalue weighted by Gasteiger charge is -2.46. The van der Waals surface area contributed by atoms with Gasteiger partial charge in [-0.25, -0.2) is 9.69 Å². The minimum Gasteiger partial charge on any atom is -0.493 e. The molecule has 6 atom stereocenters. The van der Waals surface area contributed by atoms with Crippen molar-refractivity contribution in [2.45, 2.75) is 49.0 Å². The Hall–Kier alpha value is -7.22. The van der Waals surface area contributed by atoms with Gasteiger partial charge in [0.2, 0.25) is 11.8 Å². The monoisotopic (exact) mass is 935 g/mol. The van der Waals surface area contributed by atoms with Gasteiger partial charge in [-0.15, -0.1) is 0 Å². The van der Waals surface area contributed by atoms with Crippen LogP contribution < -0.4 is 19.1 Å². The SMILES string of the molecule is COCCOC(=O)N1C(=O)[C@@]2(c3cc(C#CCCO)ccc31)[C@H](C(=O)N1CCc3cc(OC)c(OC)cc3C1)[C@H]1C(=O)O[C@H](c3ccccc3)[C@H](c3ccccc3)N1[C@@H]2c1ccc(OCCO)cc1. The van der Waals surface area contributed by atoms with Crippen LogP contribution in [0.4, 0.5) is 10.5 Å². The maximum atomic E-state index is 16.5. The first-order valence-electron chi connectivity index (χ1n) is 22.9. The van der Waals surface area contributed by atoms with Crippen molar-refractivity contribution in [1.29, 1.82) is 0 Å². The summed E-state index contributed by atoms with van der Waals surface area (Å²) in [5, 5.41) is 19.3. The first-order valence-corrected chi connectivity index (χ1v) is 22.9. The number of benzene rings is 5. The molecule has 5 aromatic rings. The zero-order valence-electron chi connectivity index (χ0n) is 38.5. The van der Waals surface area contributed by atoms with E-state index in [2.05, 4.69) is 11.8 Å². The number of anilines is 1. The number of fused-ring (bicyclic) bond motifs is 4. The molecule has 4 heterocycles. The number of imide groups is 1. The van der Waals surface area contributed by atoms with E-state index in [9.17, 15) is 15.0 Å². The second-order valence-electron chi connectivity index (χ2n) is 17.1. The molecule has 4 aliphatic heterocycles. The first-order chi connectivity index (χ1) is 33.7. The summed E-state index contributed by atoms with van der Waals surface area (Å²) in [5.41, 5.74) is 2.55. The van der Waals surface area contributed by atoms with Gasteiger partial charge in [0.1, 0.15) is 36.5 Å². The topological polar surface area (TPSA) is 174 Å². The number of aliphatic hydroxyl groups is 2. The number of aliphatic hydroxyl groups excluding tert-OH is 2. The number of morpholine rings is 1. The number of hydrogen-bond acceptors (Lipinski definition) is 13. The van der Waals surface area contributed by atoms with Crippen LogP contribution in [0.5, 0.6) is 17.2 Å². The highest BCUT2D eigenvalue weighted by atomic mass is 16.6. The zero-order valence-corrected chi connectivity index (χ0v) is 38.5. The predicted octanol–water partition coefficient (Wildman–Crippen LogP) is 5.84. The molecule has 15 nitrogen and oxygen atoms in total. The molecule has 0 saturated carbocycles. The van der Waals surface area contributed by atoms with E-state index < -0.39 is 59.4 Å². The number of carbonyl (C=O) groups excluding carboxylic acids is 4.